The predicted molar refractivity (Wildman–Crippen MR) is 568 cm³/mol. The Kier molecular flexibility index (Phi) is 49.3. The van der Waals surface area contributed by atoms with Crippen LogP contribution in [0.3, 0.4) is 0 Å². The fourth-order valence-electron chi connectivity index (χ4n) is 19.3. The first kappa shape index (κ1) is 109. The van der Waals surface area contributed by atoms with E-state index in [1.165, 1.54) is 279 Å². The molecule has 0 saturated carbocycles. The van der Waals surface area contributed by atoms with Crippen LogP contribution in [-0.4, -0.2) is 24.8 Å². The summed E-state index contributed by atoms with van der Waals surface area (Å²) in [6.45, 7) is 24.6. The molecule has 0 radical (unpaired) electrons. The minimum atomic E-state index is -0.681. The number of thiophene rings is 4. The Morgan fingerprint density at radius 1 is 0.371 bits per heavy atom. The molecule has 0 amide bonds. The van der Waals surface area contributed by atoms with Gasteiger partial charge in [0.1, 0.15) is 58.3 Å². The molecule has 2 aromatic carbocycles. The SMILES string of the molecule is CCCCCCCCCCCCC(CCCCCCCCCC)COc1cc(/C=C/C=C2\C(=O)c3cc(Cl)c(Cl)cc3C2=C(C#N)C#N)sc1-c1cc2c(s1)-c1sc(-c3sc(/C=C/C=C4\C(=O)c5cc(Cl)c(Cl)cc5C4=C(C#N)C#N)cc3OCC(CCCCCCCCCC)CCCCCCCCCCCC)cc1C(CCC(C)CCCC(C)C)(CCC(C)CCCC(C)C)O2. The van der Waals surface area contributed by atoms with Gasteiger partial charge in [-0.25, -0.2) is 0 Å². The Balaban J connectivity index is 1.19. The van der Waals surface area contributed by atoms with Crippen molar-refractivity contribution in [1.29, 1.82) is 21.0 Å². The fraction of sp³-hybridized carbons (Fsp3) is 0.600. The number of unbranched alkanes of at least 4 members (excludes halogenated alkanes) is 32. The molecule has 6 aromatic rings. The van der Waals surface area contributed by atoms with Crippen LogP contribution in [0.5, 0.6) is 17.2 Å². The van der Waals surface area contributed by atoms with Crippen LogP contribution in [0.25, 0.3) is 52.6 Å². The number of rotatable bonds is 66. The third-order valence-corrected chi connectivity index (χ3v) is 33.7. The third-order valence-electron chi connectivity index (χ3n) is 27.3. The molecule has 17 heteroatoms. The number of benzene rings is 2. The summed E-state index contributed by atoms with van der Waals surface area (Å²) in [5.74, 6) is 4.81. The molecular formula is C115H154Cl4N4O5S4. The lowest BCUT2D eigenvalue weighted by Gasteiger charge is -2.39. The van der Waals surface area contributed by atoms with Gasteiger partial charge in [0.25, 0.3) is 0 Å². The lowest BCUT2D eigenvalue weighted by Crippen LogP contribution is -2.36. The second-order valence-electron chi connectivity index (χ2n) is 39.3. The first-order chi connectivity index (χ1) is 64.1. The number of hydrogen-bond acceptors (Lipinski definition) is 13. The number of Topliss-reactive ketones (excluding diaryl/α,β-unsaturated/α-hetero) is 2. The van der Waals surface area contributed by atoms with Crippen LogP contribution in [-0.2, 0) is 5.60 Å². The number of nitriles is 4. The third kappa shape index (κ3) is 33.7. The average molecular weight is 1940 g/mol. The summed E-state index contributed by atoms with van der Waals surface area (Å²) in [6, 6.07) is 23.6. The minimum Gasteiger partial charge on any atom is -0.492 e. The van der Waals surface area contributed by atoms with E-state index in [4.69, 9.17) is 60.6 Å². The van der Waals surface area contributed by atoms with Crippen LogP contribution in [0.1, 0.15) is 437 Å². The van der Waals surface area contributed by atoms with Crippen molar-refractivity contribution in [2.45, 2.75) is 396 Å². The summed E-state index contributed by atoms with van der Waals surface area (Å²) in [5, 5.41) is 42.4. The van der Waals surface area contributed by atoms with E-state index in [9.17, 15) is 30.6 Å². The Morgan fingerprint density at radius 2 is 0.689 bits per heavy atom. The van der Waals surface area contributed by atoms with Gasteiger partial charge in [-0.05, 0) is 153 Å². The van der Waals surface area contributed by atoms with Gasteiger partial charge >= 0.3 is 0 Å². The molecular weight excluding hydrogens is 1790 g/mol. The van der Waals surface area contributed by atoms with Crippen molar-refractivity contribution < 1.29 is 23.8 Å². The van der Waals surface area contributed by atoms with Gasteiger partial charge in [-0.3, -0.25) is 9.59 Å². The van der Waals surface area contributed by atoms with Crippen molar-refractivity contribution in [3.63, 3.8) is 0 Å². The molecule has 9 rings (SSSR count). The van der Waals surface area contributed by atoms with E-state index in [2.05, 4.69) is 118 Å². The van der Waals surface area contributed by atoms with E-state index >= 15 is 0 Å². The predicted octanol–water partition coefficient (Wildman–Crippen LogP) is 39.6. The van der Waals surface area contributed by atoms with Crippen molar-refractivity contribution in [1.82, 2.24) is 0 Å². The maximum Gasteiger partial charge on any atom is 0.194 e. The van der Waals surface area contributed by atoms with Crippen LogP contribution in [0.4, 0.5) is 0 Å². The molecule has 0 spiro atoms. The summed E-state index contributed by atoms with van der Waals surface area (Å²) in [7, 11) is 0. The quantitative estimate of drug-likeness (QED) is 0.0206. The largest absolute Gasteiger partial charge is 0.492 e. The molecule has 4 unspecified atom stereocenters. The second-order valence-corrected chi connectivity index (χ2v) is 45.2. The number of fused-ring (bicyclic) bond motifs is 5. The summed E-state index contributed by atoms with van der Waals surface area (Å²) >= 11 is 33.3. The average Bonchev–Trinajstić information content (AvgIpc) is 1.57. The number of hydrogen-bond donors (Lipinski definition) is 0. The topological polar surface area (TPSA) is 157 Å². The fourth-order valence-corrected chi connectivity index (χ4v) is 24.7. The highest BCUT2D eigenvalue weighted by Crippen LogP contribution is 2.61. The van der Waals surface area contributed by atoms with Crippen molar-refractivity contribution >= 4 is 127 Å². The lowest BCUT2D eigenvalue weighted by atomic mass is 9.78. The summed E-state index contributed by atoms with van der Waals surface area (Å²) in [4.78, 5) is 37.4. The minimum absolute atomic E-state index is 0.178. The van der Waals surface area contributed by atoms with Gasteiger partial charge in [0.15, 0.2) is 11.6 Å². The van der Waals surface area contributed by atoms with Gasteiger partial charge in [-0.1, -0.05) is 410 Å². The van der Waals surface area contributed by atoms with Crippen LogP contribution < -0.4 is 14.2 Å². The number of carbonyl (C=O) groups excluding carboxylic acids is 2. The van der Waals surface area contributed by atoms with E-state index in [-0.39, 0.29) is 65.1 Å². The van der Waals surface area contributed by atoms with E-state index in [0.717, 1.165) is 116 Å². The van der Waals surface area contributed by atoms with Crippen LogP contribution in [0, 0.1) is 80.8 Å². The number of nitrogens with zero attached hydrogens (tertiary/aromatic N) is 4. The molecule has 0 fully saturated rings. The van der Waals surface area contributed by atoms with Gasteiger partial charge < -0.3 is 14.2 Å². The van der Waals surface area contributed by atoms with Gasteiger partial charge in [0.2, 0.25) is 0 Å². The smallest absolute Gasteiger partial charge is 0.194 e. The first-order valence-corrected chi connectivity index (χ1v) is 56.4. The molecule has 5 heterocycles. The van der Waals surface area contributed by atoms with Crippen LogP contribution in [0.2, 0.25) is 20.1 Å². The van der Waals surface area contributed by atoms with Crippen LogP contribution >= 0.6 is 91.8 Å². The maximum absolute atomic E-state index is 14.5. The molecule has 3 aliphatic rings. The summed E-state index contributed by atoms with van der Waals surface area (Å²) in [6.07, 6.45) is 72.5. The van der Waals surface area contributed by atoms with E-state index in [1.807, 2.05) is 35.6 Å². The standard InChI is InChI=1S/C115H154Cl4N4O5S4/c1-11-15-19-23-27-31-33-37-41-45-57-85(55-43-39-35-29-25-21-17-13-3)79-126-102-67-89(59-49-61-91-107(87(75-120)76-121)93-69-98(116)100(118)71-95(93)109(91)124)129-112(102)105-73-97-111(131-105)114-104(128-115(97,65-63-83(9)53-47-51-81(5)6)66-64-84(10)54-48-52-82(7)8)74-106(132-114)113-103(127-80-86(56-44-40-36-30-26-22-18-14-4)58-46-42-38-34-32-28-24-20-16-12-2)68-90(130-113)60-50-62-92-108(88(77-122)78-123)94-70-99(117)101(119)72-96(94)110(92)125/h49-50,59-62,67-74,81-86H,11-48,51-58,63-66,79-80H2,1-10H3/b59-49+,60-50+,91-61-,92-62-. The van der Waals surface area contributed by atoms with Gasteiger partial charge in [0, 0.05) is 59.7 Å². The second kappa shape index (κ2) is 59.6. The van der Waals surface area contributed by atoms with E-state index < -0.39 is 5.60 Å². The van der Waals surface area contributed by atoms with Gasteiger partial charge in [0.05, 0.1) is 57.7 Å². The normalized spacial score (nSPS) is 15.6. The molecule has 4 aromatic heterocycles. The van der Waals surface area contributed by atoms with Gasteiger partial charge in [-0.15, -0.1) is 45.3 Å². The van der Waals surface area contributed by atoms with Crippen molar-refractivity contribution in [2.75, 3.05) is 13.2 Å². The molecule has 4 atom stereocenters. The molecule has 9 nitrogen and oxygen atoms in total. The van der Waals surface area contributed by atoms with Crippen LogP contribution in [0.15, 0.2) is 95.1 Å². The molecule has 1 aliphatic heterocycles. The Morgan fingerprint density at radius 3 is 1.02 bits per heavy atom. The lowest BCUT2D eigenvalue weighted by molar-refractivity contribution is 0.0324. The number of ketones is 2. The highest BCUT2D eigenvalue weighted by Gasteiger charge is 2.45. The first-order valence-electron chi connectivity index (χ1n) is 51.6. The molecule has 0 N–H and O–H groups in total. The summed E-state index contributed by atoms with van der Waals surface area (Å²) in [5.41, 5.74) is 2.54. The number of halogens is 4. The highest BCUT2D eigenvalue weighted by molar-refractivity contribution is 7.29. The summed E-state index contributed by atoms with van der Waals surface area (Å²) < 4.78 is 23.1. The molecule has 132 heavy (non-hydrogen) atoms. The van der Waals surface area contributed by atoms with Crippen molar-refractivity contribution in [2.24, 2.45) is 35.5 Å². The van der Waals surface area contributed by atoms with Crippen molar-refractivity contribution in [3.05, 3.63) is 153 Å². The molecule has 716 valence electrons. The van der Waals surface area contributed by atoms with Crippen molar-refractivity contribution in [3.8, 4) is 70.8 Å². The Bertz CT molecular complexity index is 4930. The molecule has 0 bridgehead atoms. The monoisotopic (exact) mass is 1940 g/mol. The highest BCUT2D eigenvalue weighted by atomic mass is 35.5. The van der Waals surface area contributed by atoms with E-state index in [0.29, 0.717) is 71.0 Å². The van der Waals surface area contributed by atoms with E-state index in [1.54, 1.807) is 58.3 Å². The number of allylic oxidation sites excluding steroid dienone is 10. The maximum atomic E-state index is 14.5. The number of ether oxygens (including phenoxy) is 3. The zero-order valence-electron chi connectivity index (χ0n) is 81.8. The molecule has 2 aliphatic carbocycles. The zero-order chi connectivity index (χ0) is 94.6. The number of carbonyl (C=O) groups is 2. The zero-order valence-corrected chi connectivity index (χ0v) is 88.1. The molecule has 0 saturated heterocycles. The Hall–Kier alpha value is -6.46. The van der Waals surface area contributed by atoms with Gasteiger partial charge in [-0.2, -0.15) is 21.0 Å². The Labute approximate surface area is 832 Å².